The number of ether oxygens (including phenoxy) is 1. The lowest BCUT2D eigenvalue weighted by molar-refractivity contribution is -0.151. The van der Waals surface area contributed by atoms with Gasteiger partial charge in [0.2, 0.25) is 0 Å². The van der Waals surface area contributed by atoms with Crippen LogP contribution in [-0.4, -0.2) is 23.4 Å². The zero-order valence-electron chi connectivity index (χ0n) is 15.8. The third-order valence-corrected chi connectivity index (χ3v) is 5.01. The molecule has 4 nitrogen and oxygen atoms in total. The van der Waals surface area contributed by atoms with Gasteiger partial charge in [0.15, 0.2) is 0 Å². The van der Waals surface area contributed by atoms with Gasteiger partial charge in [-0.05, 0) is 48.9 Å². The lowest BCUT2D eigenvalue weighted by atomic mass is 9.90. The molecule has 2 aromatic carbocycles. The van der Waals surface area contributed by atoms with Gasteiger partial charge in [0.05, 0.1) is 6.61 Å². The Hall–Kier alpha value is -2.96. The van der Waals surface area contributed by atoms with Crippen molar-refractivity contribution in [2.24, 2.45) is 0 Å². The van der Waals surface area contributed by atoms with Gasteiger partial charge in [0, 0.05) is 23.5 Å². The Morgan fingerprint density at radius 2 is 1.86 bits per heavy atom. The van der Waals surface area contributed by atoms with E-state index in [9.17, 15) is 18.1 Å². The molecule has 1 heterocycles. The molecule has 0 aliphatic rings. The molecule has 3 rings (SSSR count). The first-order valence-corrected chi connectivity index (χ1v) is 9.54. The van der Waals surface area contributed by atoms with Crippen LogP contribution in [0.1, 0.15) is 37.2 Å². The van der Waals surface area contributed by atoms with Gasteiger partial charge < -0.3 is 9.72 Å². The maximum Gasteiger partial charge on any atom is 0.327 e. The minimum absolute atomic E-state index is 0.00846. The van der Waals surface area contributed by atoms with Crippen molar-refractivity contribution < 1.29 is 22.8 Å². The van der Waals surface area contributed by atoms with Crippen LogP contribution in [0.4, 0.5) is 13.3 Å². The Kier molecular flexibility index (Phi) is 6.80. The van der Waals surface area contributed by atoms with Crippen LogP contribution in [0.3, 0.4) is 0 Å². The number of alkyl halides is 2. The van der Waals surface area contributed by atoms with Crippen molar-refractivity contribution in [1.29, 1.82) is 0 Å². The Morgan fingerprint density at radius 3 is 2.62 bits per heavy atom. The molecule has 0 aliphatic carbocycles. The first kappa shape index (κ1) is 20.8. The molecule has 0 spiro atoms. The van der Waals surface area contributed by atoms with Crippen molar-refractivity contribution in [3.63, 3.8) is 0 Å². The summed E-state index contributed by atoms with van der Waals surface area (Å²) < 4.78 is 45.2. The smallest absolute Gasteiger partial charge is 0.327 e. The predicted octanol–water partition coefficient (Wildman–Crippen LogP) is 5.53. The molecular formula is C22H23F3N2O2. The third-order valence-electron chi connectivity index (χ3n) is 5.01. The molecule has 1 unspecified atom stereocenters. The molecule has 0 aliphatic heterocycles. The van der Waals surface area contributed by atoms with E-state index in [1.807, 2.05) is 60.8 Å². The molecule has 7 heteroatoms. The molecule has 29 heavy (non-hydrogen) atoms. The molecule has 1 aromatic heterocycles. The lowest BCUT2D eigenvalue weighted by Gasteiger charge is -2.19. The number of aromatic nitrogens is 1. The summed E-state index contributed by atoms with van der Waals surface area (Å²) in [4.78, 5) is 14.1. The second-order valence-electron chi connectivity index (χ2n) is 6.96. The van der Waals surface area contributed by atoms with Gasteiger partial charge in [-0.15, -0.1) is 4.48 Å². The summed E-state index contributed by atoms with van der Waals surface area (Å²) in [5, 5.41) is 0.987. The van der Waals surface area contributed by atoms with E-state index in [2.05, 4.69) is 4.98 Å². The number of hydrogen-bond acceptors (Lipinski definition) is 2. The number of rotatable bonds is 10. The summed E-state index contributed by atoms with van der Waals surface area (Å²) in [5.41, 5.74) is 2.53. The molecule has 2 N–H and O–H groups in total. The van der Waals surface area contributed by atoms with Gasteiger partial charge in [0.25, 0.3) is 0 Å². The highest BCUT2D eigenvalue weighted by Crippen LogP contribution is 2.30. The molecular weight excluding hydrogens is 381 g/mol. The van der Waals surface area contributed by atoms with Crippen molar-refractivity contribution in [3.05, 3.63) is 66.4 Å². The average Bonchev–Trinajstić information content (AvgIpc) is 3.22. The van der Waals surface area contributed by atoms with Gasteiger partial charge in [-0.3, -0.25) is 4.79 Å². The molecule has 0 fully saturated rings. The van der Waals surface area contributed by atoms with E-state index in [1.165, 1.54) is 0 Å². The average molecular weight is 404 g/mol. The van der Waals surface area contributed by atoms with E-state index >= 15 is 0 Å². The molecule has 154 valence electrons. The van der Waals surface area contributed by atoms with E-state index in [0.29, 0.717) is 25.0 Å². The van der Waals surface area contributed by atoms with Crippen molar-refractivity contribution >= 4 is 16.8 Å². The maximum atomic E-state index is 13.6. The third kappa shape index (κ3) is 5.31. The number of aromatic amines is 1. The summed E-state index contributed by atoms with van der Waals surface area (Å²) >= 11 is 0. The van der Waals surface area contributed by atoms with Crippen LogP contribution in [0.15, 0.2) is 60.8 Å². The minimum atomic E-state index is -3.71. The summed E-state index contributed by atoms with van der Waals surface area (Å²) in [6, 6.07) is 17.3. The molecule has 0 radical (unpaired) electrons. The Balaban J connectivity index is 1.60. The highest BCUT2D eigenvalue weighted by Gasteiger charge is 2.38. The molecule has 3 aromatic rings. The monoisotopic (exact) mass is 404 g/mol. The first-order chi connectivity index (χ1) is 14.0. The first-order valence-electron chi connectivity index (χ1n) is 9.54. The fourth-order valence-corrected chi connectivity index (χ4v) is 3.45. The van der Waals surface area contributed by atoms with Crippen LogP contribution in [-0.2, 0) is 4.79 Å². The number of hydrogen-bond donors (Lipinski definition) is 2. The highest BCUT2D eigenvalue weighted by molar-refractivity contribution is 5.85. The summed E-state index contributed by atoms with van der Waals surface area (Å²) in [5.74, 6) is -4.85. The van der Waals surface area contributed by atoms with Gasteiger partial charge in [-0.25, -0.2) is 0 Å². The normalized spacial score (nSPS) is 12.7. The fourth-order valence-electron chi connectivity index (χ4n) is 3.45. The van der Waals surface area contributed by atoms with Crippen LogP contribution in [0, 0.1) is 0 Å². The number of nitrogens with one attached hydrogen (secondary N) is 2. The number of amides is 1. The van der Waals surface area contributed by atoms with Gasteiger partial charge in [-0.1, -0.05) is 36.4 Å². The zero-order chi connectivity index (χ0) is 20.7. The number of carbonyl (C=O) groups excluding carboxylic acids is 1. The van der Waals surface area contributed by atoms with E-state index in [0.717, 1.165) is 22.2 Å². The van der Waals surface area contributed by atoms with Crippen LogP contribution < -0.4 is 10.3 Å². The lowest BCUT2D eigenvalue weighted by Crippen LogP contribution is -2.36. The largest absolute Gasteiger partial charge is 0.493 e. The van der Waals surface area contributed by atoms with Gasteiger partial charge in [-0.2, -0.15) is 14.3 Å². The molecule has 0 saturated carbocycles. The molecule has 0 saturated heterocycles. The maximum absolute atomic E-state index is 13.6. The van der Waals surface area contributed by atoms with Gasteiger partial charge in [0.1, 0.15) is 5.75 Å². The number of carbonyl (C=O) groups is 1. The van der Waals surface area contributed by atoms with Crippen LogP contribution in [0.5, 0.6) is 5.75 Å². The second-order valence-corrected chi connectivity index (χ2v) is 6.96. The fraction of sp³-hybridized carbons (Fsp3) is 0.318. The van der Waals surface area contributed by atoms with Crippen molar-refractivity contribution in [1.82, 2.24) is 10.5 Å². The van der Waals surface area contributed by atoms with E-state index in [4.69, 9.17) is 4.74 Å². The highest BCUT2D eigenvalue weighted by atomic mass is 19.3. The van der Waals surface area contributed by atoms with Crippen LogP contribution >= 0.6 is 0 Å². The van der Waals surface area contributed by atoms with Crippen LogP contribution in [0.25, 0.3) is 10.9 Å². The van der Waals surface area contributed by atoms with Crippen LogP contribution in [0.2, 0.25) is 0 Å². The number of fused-ring (bicyclic) bond motifs is 1. The number of halogens is 3. The summed E-state index contributed by atoms with van der Waals surface area (Å²) in [6.07, 6.45) is 2.31. The predicted molar refractivity (Wildman–Crippen MR) is 106 cm³/mol. The topological polar surface area (TPSA) is 54.1 Å². The summed E-state index contributed by atoms with van der Waals surface area (Å²) in [6.45, 7) is 0.422. The van der Waals surface area contributed by atoms with E-state index in [-0.39, 0.29) is 12.3 Å². The standard InChI is InChI=1S/C22H23F3N2O2/c23-22(24,21(28)27-25)13-5-8-17(16-6-2-1-3-7-16)12-15-29-20-10-4-9-19-18(20)11-14-26-19/h1-4,6-7,9-11,14,17,26H,5,8,12-13,15H2,(H,27,28). The molecule has 1 amide bonds. The number of H-pyrrole nitrogens is 1. The van der Waals surface area contributed by atoms with Gasteiger partial charge >= 0.3 is 11.8 Å². The second kappa shape index (κ2) is 9.49. The zero-order valence-corrected chi connectivity index (χ0v) is 15.8. The molecule has 0 bridgehead atoms. The van der Waals surface area contributed by atoms with E-state index in [1.54, 1.807) is 0 Å². The van der Waals surface area contributed by atoms with Crippen molar-refractivity contribution in [3.8, 4) is 5.75 Å². The van der Waals surface area contributed by atoms with E-state index < -0.39 is 18.3 Å². The molecule has 1 atom stereocenters. The Morgan fingerprint density at radius 1 is 1.07 bits per heavy atom. The Labute approximate surface area is 167 Å². The van der Waals surface area contributed by atoms with Crippen molar-refractivity contribution in [2.45, 2.75) is 37.5 Å². The van der Waals surface area contributed by atoms with Crippen molar-refractivity contribution in [2.75, 3.05) is 6.61 Å². The Bertz CT molecular complexity index is 928. The minimum Gasteiger partial charge on any atom is -0.493 e. The summed E-state index contributed by atoms with van der Waals surface area (Å²) in [7, 11) is 0. The quantitative estimate of drug-likeness (QED) is 0.437. The SMILES string of the molecule is O=C(NF)C(F)(F)CCCC(CCOc1cccc2[nH]ccc12)c1ccccc1. The number of benzene rings is 2.